The van der Waals surface area contributed by atoms with Crippen LogP contribution in [0.3, 0.4) is 0 Å². The predicted molar refractivity (Wildman–Crippen MR) is 109 cm³/mol. The highest BCUT2D eigenvalue weighted by Crippen LogP contribution is 2.19. The predicted octanol–water partition coefficient (Wildman–Crippen LogP) is 2.82. The second-order valence-electron chi connectivity index (χ2n) is 7.36. The van der Waals surface area contributed by atoms with Gasteiger partial charge in [0.2, 0.25) is 11.8 Å². The van der Waals surface area contributed by atoms with Crippen LogP contribution < -0.4 is 15.8 Å². The van der Waals surface area contributed by atoms with Crippen molar-refractivity contribution in [1.82, 2.24) is 4.90 Å². The lowest BCUT2D eigenvalue weighted by molar-refractivity contribution is -0.117. The highest BCUT2D eigenvalue weighted by Gasteiger charge is 2.22. The van der Waals surface area contributed by atoms with Crippen LogP contribution in [0.15, 0.2) is 48.5 Å². The van der Waals surface area contributed by atoms with Gasteiger partial charge in [0.25, 0.3) is 0 Å². The Morgan fingerprint density at radius 1 is 1.14 bits per heavy atom. The number of rotatable bonds is 7. The molecule has 0 saturated carbocycles. The molecule has 3 N–H and O–H groups in total. The van der Waals surface area contributed by atoms with Crippen LogP contribution in [-0.2, 0) is 4.79 Å². The van der Waals surface area contributed by atoms with Gasteiger partial charge in [-0.25, -0.2) is 0 Å². The second-order valence-corrected chi connectivity index (χ2v) is 7.36. The summed E-state index contributed by atoms with van der Waals surface area (Å²) in [6, 6.07) is 14.7. The lowest BCUT2D eigenvalue weighted by Gasteiger charge is -2.32. The zero-order chi connectivity index (χ0) is 19.9. The minimum absolute atomic E-state index is 0.0630. The first-order valence-corrected chi connectivity index (χ1v) is 9.61. The molecule has 0 spiro atoms. The molecular formula is C22H27N3O3. The Balaban J connectivity index is 1.45. The standard InChI is InChI=1S/C22H27N3O3/c1-16-4-10-20(11-5-16)28-15-17-3-2-12-25(13-17)14-21(26)24-19-8-6-18(7-9-19)22(23)27/h4-11,17H,2-3,12-15H2,1H3,(H2,23,27)(H,24,26). The summed E-state index contributed by atoms with van der Waals surface area (Å²) >= 11 is 0. The van der Waals surface area contributed by atoms with Gasteiger partial charge in [-0.05, 0) is 62.7 Å². The van der Waals surface area contributed by atoms with Crippen LogP contribution in [0.2, 0.25) is 0 Å². The average molecular weight is 381 g/mol. The van der Waals surface area contributed by atoms with Gasteiger partial charge >= 0.3 is 0 Å². The molecule has 0 aromatic heterocycles. The van der Waals surface area contributed by atoms with E-state index >= 15 is 0 Å². The van der Waals surface area contributed by atoms with Crippen LogP contribution in [0.1, 0.15) is 28.8 Å². The summed E-state index contributed by atoms with van der Waals surface area (Å²) < 4.78 is 5.91. The van der Waals surface area contributed by atoms with E-state index in [9.17, 15) is 9.59 Å². The van der Waals surface area contributed by atoms with Crippen molar-refractivity contribution in [3.8, 4) is 5.75 Å². The zero-order valence-electron chi connectivity index (χ0n) is 16.2. The molecule has 1 unspecified atom stereocenters. The lowest BCUT2D eigenvalue weighted by atomic mass is 9.99. The largest absolute Gasteiger partial charge is 0.493 e. The van der Waals surface area contributed by atoms with E-state index in [1.54, 1.807) is 24.3 Å². The molecule has 1 saturated heterocycles. The van der Waals surface area contributed by atoms with E-state index in [-0.39, 0.29) is 5.91 Å². The fourth-order valence-corrected chi connectivity index (χ4v) is 3.40. The molecule has 1 aliphatic heterocycles. The molecule has 1 atom stereocenters. The van der Waals surface area contributed by atoms with Gasteiger partial charge < -0.3 is 15.8 Å². The third-order valence-corrected chi connectivity index (χ3v) is 4.93. The summed E-state index contributed by atoms with van der Waals surface area (Å²) in [5.74, 6) is 0.759. The number of nitrogens with two attached hydrogens (primary N) is 1. The highest BCUT2D eigenvalue weighted by molar-refractivity contribution is 5.95. The Morgan fingerprint density at radius 3 is 2.54 bits per heavy atom. The van der Waals surface area contributed by atoms with Crippen molar-refractivity contribution in [1.29, 1.82) is 0 Å². The van der Waals surface area contributed by atoms with E-state index in [4.69, 9.17) is 10.5 Å². The zero-order valence-corrected chi connectivity index (χ0v) is 16.2. The number of carbonyl (C=O) groups is 2. The third kappa shape index (κ3) is 5.82. The monoisotopic (exact) mass is 381 g/mol. The Labute approximate surface area is 165 Å². The van der Waals surface area contributed by atoms with E-state index in [1.165, 1.54) is 5.56 Å². The molecule has 3 rings (SSSR count). The Morgan fingerprint density at radius 2 is 1.86 bits per heavy atom. The van der Waals surface area contributed by atoms with Crippen molar-refractivity contribution in [2.24, 2.45) is 11.7 Å². The second kappa shape index (κ2) is 9.37. The SMILES string of the molecule is Cc1ccc(OCC2CCCN(CC(=O)Nc3ccc(C(N)=O)cc3)C2)cc1. The van der Waals surface area contributed by atoms with E-state index in [1.807, 2.05) is 24.3 Å². The third-order valence-electron chi connectivity index (χ3n) is 4.93. The van der Waals surface area contributed by atoms with Crippen molar-refractivity contribution >= 4 is 17.5 Å². The number of hydrogen-bond donors (Lipinski definition) is 2. The van der Waals surface area contributed by atoms with Gasteiger partial charge in [-0.15, -0.1) is 0 Å². The summed E-state index contributed by atoms with van der Waals surface area (Å²) in [6.07, 6.45) is 2.17. The molecule has 1 fully saturated rings. The molecule has 6 heteroatoms. The first-order chi connectivity index (χ1) is 13.5. The maximum Gasteiger partial charge on any atom is 0.248 e. The van der Waals surface area contributed by atoms with Crippen molar-refractivity contribution < 1.29 is 14.3 Å². The van der Waals surface area contributed by atoms with Crippen LogP contribution >= 0.6 is 0 Å². The van der Waals surface area contributed by atoms with E-state index in [2.05, 4.69) is 17.1 Å². The molecule has 28 heavy (non-hydrogen) atoms. The maximum atomic E-state index is 12.3. The first-order valence-electron chi connectivity index (χ1n) is 9.61. The maximum absolute atomic E-state index is 12.3. The molecule has 2 aromatic carbocycles. The highest BCUT2D eigenvalue weighted by atomic mass is 16.5. The number of hydrogen-bond acceptors (Lipinski definition) is 4. The number of ether oxygens (including phenoxy) is 1. The molecule has 2 aromatic rings. The van der Waals surface area contributed by atoms with Crippen molar-refractivity contribution in [3.05, 3.63) is 59.7 Å². The van der Waals surface area contributed by atoms with Gasteiger partial charge in [-0.2, -0.15) is 0 Å². The fraction of sp³-hybridized carbons (Fsp3) is 0.364. The quantitative estimate of drug-likeness (QED) is 0.772. The number of anilines is 1. The molecular weight excluding hydrogens is 354 g/mol. The molecule has 1 heterocycles. The number of piperidine rings is 1. The Bertz CT molecular complexity index is 803. The molecule has 0 bridgehead atoms. The van der Waals surface area contributed by atoms with Gasteiger partial charge in [-0.3, -0.25) is 14.5 Å². The number of nitrogens with one attached hydrogen (secondary N) is 1. The van der Waals surface area contributed by atoms with Gasteiger partial charge in [0.1, 0.15) is 5.75 Å². The van der Waals surface area contributed by atoms with Crippen molar-refractivity contribution in [2.75, 3.05) is 31.6 Å². The summed E-state index contributed by atoms with van der Waals surface area (Å²) in [4.78, 5) is 25.6. The van der Waals surface area contributed by atoms with Crippen LogP contribution in [0, 0.1) is 12.8 Å². The molecule has 6 nitrogen and oxygen atoms in total. The number of primary amides is 1. The molecule has 0 aliphatic carbocycles. The van der Waals surface area contributed by atoms with Crippen LogP contribution in [0.4, 0.5) is 5.69 Å². The Kier molecular flexibility index (Phi) is 6.66. The number of benzene rings is 2. The van der Waals surface area contributed by atoms with Gasteiger partial charge in [0.15, 0.2) is 0 Å². The van der Waals surface area contributed by atoms with Crippen LogP contribution in [0.25, 0.3) is 0 Å². The molecule has 1 aliphatic rings. The normalized spacial score (nSPS) is 17.1. The lowest BCUT2D eigenvalue weighted by Crippen LogP contribution is -2.42. The molecule has 2 amide bonds. The molecule has 148 valence electrons. The minimum Gasteiger partial charge on any atom is -0.493 e. The number of likely N-dealkylation sites (tertiary alicyclic amines) is 1. The van der Waals surface area contributed by atoms with Crippen molar-refractivity contribution in [3.63, 3.8) is 0 Å². The van der Waals surface area contributed by atoms with E-state index < -0.39 is 5.91 Å². The Hall–Kier alpha value is -2.86. The van der Waals surface area contributed by atoms with Crippen molar-refractivity contribution in [2.45, 2.75) is 19.8 Å². The van der Waals surface area contributed by atoms with E-state index in [0.717, 1.165) is 31.7 Å². The number of aryl methyl sites for hydroxylation is 1. The van der Waals surface area contributed by atoms with Crippen LogP contribution in [-0.4, -0.2) is 43.0 Å². The van der Waals surface area contributed by atoms with Gasteiger partial charge in [-0.1, -0.05) is 17.7 Å². The minimum atomic E-state index is -0.481. The summed E-state index contributed by atoms with van der Waals surface area (Å²) in [5, 5.41) is 2.87. The van der Waals surface area contributed by atoms with E-state index in [0.29, 0.717) is 30.3 Å². The number of amides is 2. The smallest absolute Gasteiger partial charge is 0.248 e. The summed E-state index contributed by atoms with van der Waals surface area (Å²) in [5.41, 5.74) is 7.52. The average Bonchev–Trinajstić information content (AvgIpc) is 2.68. The summed E-state index contributed by atoms with van der Waals surface area (Å²) in [6.45, 7) is 4.82. The molecule has 0 radical (unpaired) electrons. The van der Waals surface area contributed by atoms with Gasteiger partial charge in [0.05, 0.1) is 13.2 Å². The number of carbonyl (C=O) groups excluding carboxylic acids is 2. The van der Waals surface area contributed by atoms with Gasteiger partial charge in [0, 0.05) is 23.7 Å². The number of nitrogens with zero attached hydrogens (tertiary/aromatic N) is 1. The first kappa shape index (κ1) is 19.9. The fourth-order valence-electron chi connectivity index (χ4n) is 3.40. The van der Waals surface area contributed by atoms with Crippen LogP contribution in [0.5, 0.6) is 5.75 Å². The summed E-state index contributed by atoms with van der Waals surface area (Å²) in [7, 11) is 0. The topological polar surface area (TPSA) is 84.7 Å².